The summed E-state index contributed by atoms with van der Waals surface area (Å²) in [5.74, 6) is 0.508. The standard InChI is InChI=1S/C43H47F3N2O8/c1-28(2)27-54-41(52)47-24-21-31-10-17-36(55-34-18-11-32(12-19-34)42(3,4)5)26-37(31)38(47)39(49)48(40(50)51)23-20-29-6-13-33(14-7-29)53-25-22-30-8-15-35(16-9-30)56-43(44,45)46/h6-19,26,28,38H,20-25,27H2,1-5H3,(H,50,51)/t38-/m0/s1. The van der Waals surface area contributed by atoms with Gasteiger partial charge in [0.1, 0.15) is 29.0 Å². The van der Waals surface area contributed by atoms with E-state index in [0.29, 0.717) is 35.7 Å². The minimum Gasteiger partial charge on any atom is -0.493 e. The molecule has 0 radical (unpaired) electrons. The first-order valence-corrected chi connectivity index (χ1v) is 18.4. The Labute approximate surface area is 324 Å². The minimum atomic E-state index is -4.76. The molecule has 1 heterocycles. The Balaban J connectivity index is 1.28. The number of hydrogen-bond acceptors (Lipinski definition) is 7. The number of nitrogens with zero attached hydrogens (tertiary/aromatic N) is 2. The zero-order valence-corrected chi connectivity index (χ0v) is 32.1. The monoisotopic (exact) mass is 776 g/mol. The fourth-order valence-corrected chi connectivity index (χ4v) is 6.19. The Kier molecular flexibility index (Phi) is 13.2. The van der Waals surface area contributed by atoms with Crippen LogP contribution < -0.4 is 14.2 Å². The van der Waals surface area contributed by atoms with Crippen molar-refractivity contribution in [2.24, 2.45) is 5.92 Å². The summed E-state index contributed by atoms with van der Waals surface area (Å²) in [6.45, 7) is 10.5. The van der Waals surface area contributed by atoms with Gasteiger partial charge in [0.05, 0.1) is 13.2 Å². The largest absolute Gasteiger partial charge is 0.573 e. The van der Waals surface area contributed by atoms with Crippen LogP contribution in [-0.2, 0) is 34.2 Å². The number of ether oxygens (including phenoxy) is 4. The number of carbonyl (C=O) groups is 3. The van der Waals surface area contributed by atoms with Crippen LogP contribution in [0.15, 0.2) is 91.0 Å². The number of carboxylic acid groups (broad SMARTS) is 1. The number of benzene rings is 4. The van der Waals surface area contributed by atoms with Gasteiger partial charge < -0.3 is 24.1 Å². The summed E-state index contributed by atoms with van der Waals surface area (Å²) < 4.78 is 58.7. The molecule has 56 heavy (non-hydrogen) atoms. The van der Waals surface area contributed by atoms with E-state index >= 15 is 0 Å². The van der Waals surface area contributed by atoms with Crippen LogP contribution in [0.1, 0.15) is 68.5 Å². The van der Waals surface area contributed by atoms with Crippen molar-refractivity contribution >= 4 is 18.1 Å². The first kappa shape index (κ1) is 41.4. The van der Waals surface area contributed by atoms with Crippen molar-refractivity contribution in [3.63, 3.8) is 0 Å². The van der Waals surface area contributed by atoms with Crippen LogP contribution >= 0.6 is 0 Å². The Morgan fingerprint density at radius 1 is 0.821 bits per heavy atom. The highest BCUT2D eigenvalue weighted by molar-refractivity contribution is 5.97. The number of hydrogen-bond donors (Lipinski definition) is 1. The van der Waals surface area contributed by atoms with Crippen molar-refractivity contribution in [3.05, 3.63) is 119 Å². The van der Waals surface area contributed by atoms with Gasteiger partial charge in [-0.15, -0.1) is 13.2 Å². The molecule has 1 aliphatic rings. The third-order valence-corrected chi connectivity index (χ3v) is 9.17. The molecule has 1 atom stereocenters. The van der Waals surface area contributed by atoms with E-state index in [2.05, 4.69) is 25.5 Å². The third-order valence-electron chi connectivity index (χ3n) is 9.17. The van der Waals surface area contributed by atoms with Crippen LogP contribution in [0.25, 0.3) is 0 Å². The number of carbonyl (C=O) groups excluding carboxylic acids is 2. The lowest BCUT2D eigenvalue weighted by Crippen LogP contribution is -2.50. The number of fused-ring (bicyclic) bond motifs is 1. The Morgan fingerprint density at radius 2 is 1.41 bits per heavy atom. The second-order valence-electron chi connectivity index (χ2n) is 15.0. The Bertz CT molecular complexity index is 1960. The molecule has 1 N–H and O–H groups in total. The average Bonchev–Trinajstić information content (AvgIpc) is 3.13. The zero-order chi connectivity index (χ0) is 40.6. The van der Waals surface area contributed by atoms with Crippen molar-refractivity contribution in [1.82, 2.24) is 9.80 Å². The molecule has 298 valence electrons. The SMILES string of the molecule is CC(C)COC(=O)N1CCc2ccc(Oc3ccc(C(C)(C)C)cc3)cc2[C@H]1C(=O)N(CCc1ccc(OCCc2ccc(OC(F)(F)F)cc2)cc1)C(=O)O. The number of alkyl halides is 3. The molecule has 0 unspecified atom stereocenters. The van der Waals surface area contributed by atoms with Gasteiger partial charge in [0.15, 0.2) is 0 Å². The van der Waals surface area contributed by atoms with Gasteiger partial charge in [-0.3, -0.25) is 9.69 Å². The predicted molar refractivity (Wildman–Crippen MR) is 203 cm³/mol. The molecule has 0 aromatic heterocycles. The summed E-state index contributed by atoms with van der Waals surface area (Å²) in [6.07, 6.45) is -5.86. The summed E-state index contributed by atoms with van der Waals surface area (Å²) in [5, 5.41) is 10.3. The number of imide groups is 1. The molecule has 5 rings (SSSR count). The molecule has 0 fully saturated rings. The quantitative estimate of drug-likeness (QED) is 0.143. The highest BCUT2D eigenvalue weighted by Gasteiger charge is 2.41. The molecule has 10 nitrogen and oxygen atoms in total. The fraction of sp³-hybridized carbons (Fsp3) is 0.372. The van der Waals surface area contributed by atoms with Crippen LogP contribution in [0, 0.1) is 5.92 Å². The molecule has 0 saturated heterocycles. The summed E-state index contributed by atoms with van der Waals surface area (Å²) in [6, 6.07) is 24.2. The van der Waals surface area contributed by atoms with Crippen molar-refractivity contribution in [2.75, 3.05) is 26.3 Å². The third kappa shape index (κ3) is 11.4. The minimum absolute atomic E-state index is 0.0404. The summed E-state index contributed by atoms with van der Waals surface area (Å²) in [5.41, 5.74) is 3.85. The average molecular weight is 777 g/mol. The molecule has 4 aromatic carbocycles. The Hall–Kier alpha value is -5.72. The molecule has 4 aromatic rings. The van der Waals surface area contributed by atoms with E-state index < -0.39 is 30.5 Å². The van der Waals surface area contributed by atoms with Gasteiger partial charge in [-0.25, -0.2) is 14.5 Å². The first-order chi connectivity index (χ1) is 26.5. The number of halogens is 3. The molecule has 1 aliphatic heterocycles. The topological polar surface area (TPSA) is 115 Å². The van der Waals surface area contributed by atoms with Gasteiger partial charge in [0, 0.05) is 19.5 Å². The smallest absolute Gasteiger partial charge is 0.493 e. The highest BCUT2D eigenvalue weighted by atomic mass is 19.4. The van der Waals surface area contributed by atoms with Crippen molar-refractivity contribution in [3.8, 4) is 23.0 Å². The maximum atomic E-state index is 14.3. The summed E-state index contributed by atoms with van der Waals surface area (Å²) in [4.78, 5) is 42.4. The van der Waals surface area contributed by atoms with E-state index in [1.54, 1.807) is 36.4 Å². The highest BCUT2D eigenvalue weighted by Crippen LogP contribution is 2.36. The molecular formula is C43H47F3N2O8. The normalized spacial score (nSPS) is 14.2. The van der Waals surface area contributed by atoms with Crippen molar-refractivity contribution in [2.45, 2.75) is 71.7 Å². The predicted octanol–water partition coefficient (Wildman–Crippen LogP) is 9.74. The number of rotatable bonds is 13. The summed E-state index contributed by atoms with van der Waals surface area (Å²) >= 11 is 0. The molecule has 13 heteroatoms. The van der Waals surface area contributed by atoms with Gasteiger partial charge in [0.25, 0.3) is 5.91 Å². The molecule has 0 aliphatic carbocycles. The van der Waals surface area contributed by atoms with E-state index in [9.17, 15) is 32.7 Å². The van der Waals surface area contributed by atoms with Crippen LogP contribution in [0.4, 0.5) is 22.8 Å². The second-order valence-corrected chi connectivity index (χ2v) is 15.0. The molecule has 0 spiro atoms. The lowest BCUT2D eigenvalue weighted by Gasteiger charge is -2.37. The maximum absolute atomic E-state index is 14.3. The second kappa shape index (κ2) is 17.8. The lowest BCUT2D eigenvalue weighted by atomic mass is 9.87. The Morgan fingerprint density at radius 3 is 2.00 bits per heavy atom. The van der Waals surface area contributed by atoms with E-state index in [-0.39, 0.29) is 49.8 Å². The van der Waals surface area contributed by atoms with E-state index in [0.717, 1.165) is 27.2 Å². The van der Waals surface area contributed by atoms with Crippen molar-refractivity contribution < 1.29 is 51.6 Å². The van der Waals surface area contributed by atoms with E-state index in [1.165, 1.54) is 29.2 Å². The fourth-order valence-electron chi connectivity index (χ4n) is 6.19. The van der Waals surface area contributed by atoms with Gasteiger partial charge in [-0.05, 0) is 101 Å². The molecular weight excluding hydrogens is 729 g/mol. The van der Waals surface area contributed by atoms with Gasteiger partial charge in [-0.1, -0.05) is 77.1 Å². The molecule has 0 bridgehead atoms. The van der Waals surface area contributed by atoms with Gasteiger partial charge in [0.2, 0.25) is 0 Å². The molecule has 3 amide bonds. The van der Waals surface area contributed by atoms with Crippen LogP contribution in [0.2, 0.25) is 0 Å². The van der Waals surface area contributed by atoms with Crippen LogP contribution in [0.3, 0.4) is 0 Å². The van der Waals surface area contributed by atoms with Crippen molar-refractivity contribution in [1.29, 1.82) is 0 Å². The lowest BCUT2D eigenvalue weighted by molar-refractivity contribution is -0.274. The van der Waals surface area contributed by atoms with Crippen LogP contribution in [-0.4, -0.2) is 65.7 Å². The van der Waals surface area contributed by atoms with E-state index in [4.69, 9.17) is 14.2 Å². The first-order valence-electron chi connectivity index (χ1n) is 18.4. The molecule has 0 saturated carbocycles. The van der Waals surface area contributed by atoms with E-state index in [1.807, 2.05) is 44.2 Å². The van der Waals surface area contributed by atoms with Crippen LogP contribution in [0.5, 0.6) is 23.0 Å². The van der Waals surface area contributed by atoms with Gasteiger partial charge >= 0.3 is 18.5 Å². The maximum Gasteiger partial charge on any atom is 0.573 e. The zero-order valence-electron chi connectivity index (χ0n) is 32.1. The number of amides is 3. The summed E-state index contributed by atoms with van der Waals surface area (Å²) in [7, 11) is 0. The van der Waals surface area contributed by atoms with Gasteiger partial charge in [-0.2, -0.15) is 0 Å².